The second kappa shape index (κ2) is 11.7. The number of allylic oxidation sites excluding steroid dienone is 3. The predicted molar refractivity (Wildman–Crippen MR) is 133 cm³/mol. The topological polar surface area (TPSA) is 9.23 Å². The van der Waals surface area contributed by atoms with Crippen molar-refractivity contribution in [2.75, 3.05) is 6.61 Å². The lowest BCUT2D eigenvalue weighted by atomic mass is 9.66. The van der Waals surface area contributed by atoms with Crippen LogP contribution in [0.3, 0.4) is 0 Å². The largest absolute Gasteiger partial charge is 0.490 e. The molecule has 2 saturated carbocycles. The van der Waals surface area contributed by atoms with Gasteiger partial charge in [0.25, 0.3) is 0 Å². The van der Waals surface area contributed by atoms with Crippen LogP contribution in [-0.4, -0.2) is 6.61 Å². The number of ether oxygens (including phenoxy) is 1. The van der Waals surface area contributed by atoms with Crippen molar-refractivity contribution in [1.82, 2.24) is 0 Å². The summed E-state index contributed by atoms with van der Waals surface area (Å²) in [7, 11) is 0. The molecule has 0 bridgehead atoms. The quantitative estimate of drug-likeness (QED) is 0.280. The lowest BCUT2D eigenvalue weighted by Gasteiger charge is -2.40. The van der Waals surface area contributed by atoms with Crippen LogP contribution in [0.25, 0.3) is 5.57 Å². The van der Waals surface area contributed by atoms with Gasteiger partial charge in [-0.25, -0.2) is 4.39 Å². The summed E-state index contributed by atoms with van der Waals surface area (Å²) in [5.74, 6) is 2.57. The van der Waals surface area contributed by atoms with E-state index in [4.69, 9.17) is 4.74 Å². The molecule has 0 spiro atoms. The second-order valence-corrected chi connectivity index (χ2v) is 10.8. The van der Waals surface area contributed by atoms with Crippen LogP contribution >= 0.6 is 0 Å². The Morgan fingerprint density at radius 2 is 1.52 bits per heavy atom. The summed E-state index contributed by atoms with van der Waals surface area (Å²) in [6.07, 6.45) is 20.1. The third kappa shape index (κ3) is 5.89. The molecule has 0 aliphatic heterocycles. The van der Waals surface area contributed by atoms with Crippen LogP contribution < -0.4 is 4.74 Å². The summed E-state index contributed by atoms with van der Waals surface area (Å²) in [6.45, 7) is 6.46. The van der Waals surface area contributed by atoms with Gasteiger partial charge in [0.2, 0.25) is 5.82 Å². The summed E-state index contributed by atoms with van der Waals surface area (Å²) in [6, 6.07) is 3.30. The van der Waals surface area contributed by atoms with Crippen LogP contribution in [0.5, 0.6) is 5.75 Å². The first kappa shape index (κ1) is 24.5. The molecule has 1 unspecified atom stereocenters. The van der Waals surface area contributed by atoms with Gasteiger partial charge in [0, 0.05) is 5.56 Å². The fraction of sp³-hybridized carbons (Fsp3) is 0.667. The fourth-order valence-electron chi connectivity index (χ4n) is 6.68. The number of benzene rings is 1. The van der Waals surface area contributed by atoms with Crippen molar-refractivity contribution in [3.8, 4) is 5.75 Å². The summed E-state index contributed by atoms with van der Waals surface area (Å²) in [5, 5.41) is 0. The molecule has 0 radical (unpaired) electrons. The third-order valence-electron chi connectivity index (χ3n) is 8.90. The highest BCUT2D eigenvalue weighted by atomic mass is 19.2. The number of halogens is 2. The first-order valence-corrected chi connectivity index (χ1v) is 13.5. The molecular formula is C30H42F2O. The van der Waals surface area contributed by atoms with E-state index >= 15 is 0 Å². The standard InChI is InChI=1S/C30H42F2O/c1-3-5-20-33-28-19-18-27(29(31)30(28)32)26-16-14-25(15-17-26)24-12-10-23(11-13-24)22-8-6-21(4-2)7-9-22/h4,16,18-19,21-25H,2-3,5-15,17,20H2,1H3. The van der Waals surface area contributed by atoms with Gasteiger partial charge in [0.1, 0.15) is 0 Å². The zero-order valence-electron chi connectivity index (χ0n) is 20.5. The Morgan fingerprint density at radius 1 is 0.879 bits per heavy atom. The molecule has 0 aromatic heterocycles. The molecule has 2 fully saturated rings. The first-order valence-electron chi connectivity index (χ1n) is 13.5. The van der Waals surface area contributed by atoms with Crippen LogP contribution in [-0.2, 0) is 0 Å². The Kier molecular flexibility index (Phi) is 8.66. The van der Waals surface area contributed by atoms with Crippen LogP contribution in [0.4, 0.5) is 8.78 Å². The average molecular weight is 457 g/mol. The van der Waals surface area contributed by atoms with E-state index in [1.165, 1.54) is 51.4 Å². The number of unbranched alkanes of at least 4 members (excludes halogenated alkanes) is 1. The van der Waals surface area contributed by atoms with Crippen LogP contribution in [0.15, 0.2) is 30.9 Å². The van der Waals surface area contributed by atoms with Crippen molar-refractivity contribution in [3.63, 3.8) is 0 Å². The number of rotatable bonds is 8. The molecule has 1 nitrogen and oxygen atoms in total. The van der Waals surface area contributed by atoms with Gasteiger partial charge in [-0.1, -0.05) is 25.5 Å². The molecule has 4 rings (SSSR count). The van der Waals surface area contributed by atoms with E-state index in [1.807, 2.05) is 6.92 Å². The van der Waals surface area contributed by atoms with E-state index in [1.54, 1.807) is 12.1 Å². The lowest BCUT2D eigenvalue weighted by Crippen LogP contribution is -2.28. The van der Waals surface area contributed by atoms with Gasteiger partial charge >= 0.3 is 0 Å². The molecule has 0 heterocycles. The number of hydrogen-bond acceptors (Lipinski definition) is 1. The Bertz CT molecular complexity index is 813. The van der Waals surface area contributed by atoms with Crippen molar-refractivity contribution < 1.29 is 13.5 Å². The van der Waals surface area contributed by atoms with Gasteiger partial charge in [-0.2, -0.15) is 4.39 Å². The SMILES string of the molecule is C=CC1CCC(C2CCC(C3CC=C(c4ccc(OCCCC)c(F)c4F)CC3)CC2)CC1. The maximum atomic E-state index is 14.8. The molecule has 33 heavy (non-hydrogen) atoms. The molecule has 1 atom stereocenters. The van der Waals surface area contributed by atoms with Crippen LogP contribution in [0.2, 0.25) is 0 Å². The van der Waals surface area contributed by atoms with E-state index in [0.29, 0.717) is 18.1 Å². The van der Waals surface area contributed by atoms with E-state index in [-0.39, 0.29) is 5.75 Å². The monoisotopic (exact) mass is 456 g/mol. The Labute approximate surface area is 199 Å². The Morgan fingerprint density at radius 3 is 2.09 bits per heavy atom. The van der Waals surface area contributed by atoms with Crippen molar-refractivity contribution >= 4 is 5.57 Å². The molecule has 3 aliphatic carbocycles. The second-order valence-electron chi connectivity index (χ2n) is 10.8. The van der Waals surface area contributed by atoms with Gasteiger partial charge < -0.3 is 4.74 Å². The summed E-state index contributed by atoms with van der Waals surface area (Å²) in [4.78, 5) is 0. The minimum atomic E-state index is -0.841. The Hall–Kier alpha value is -1.64. The minimum absolute atomic E-state index is 0.0359. The lowest BCUT2D eigenvalue weighted by molar-refractivity contribution is 0.128. The molecule has 0 saturated heterocycles. The van der Waals surface area contributed by atoms with Gasteiger partial charge in [0.15, 0.2) is 11.6 Å². The predicted octanol–water partition coefficient (Wildman–Crippen LogP) is 9.13. The normalized spacial score (nSPS) is 30.5. The maximum absolute atomic E-state index is 14.8. The zero-order valence-corrected chi connectivity index (χ0v) is 20.5. The molecule has 182 valence electrons. The van der Waals surface area contributed by atoms with Gasteiger partial charge in [-0.3, -0.25) is 0 Å². The fourth-order valence-corrected chi connectivity index (χ4v) is 6.68. The zero-order chi connectivity index (χ0) is 23.2. The molecule has 1 aromatic rings. The molecule has 1 aromatic carbocycles. The smallest absolute Gasteiger partial charge is 0.201 e. The molecule has 3 heteroatoms. The van der Waals surface area contributed by atoms with Crippen LogP contribution in [0, 0.1) is 41.2 Å². The minimum Gasteiger partial charge on any atom is -0.490 e. The first-order chi connectivity index (χ1) is 16.1. The van der Waals surface area contributed by atoms with E-state index in [9.17, 15) is 8.78 Å². The van der Waals surface area contributed by atoms with Crippen molar-refractivity contribution in [3.05, 3.63) is 48.1 Å². The molecule has 3 aliphatic rings. The van der Waals surface area contributed by atoms with E-state index in [0.717, 1.165) is 61.3 Å². The molecular weight excluding hydrogens is 414 g/mol. The number of hydrogen-bond donors (Lipinski definition) is 0. The highest BCUT2D eigenvalue weighted by Crippen LogP contribution is 2.46. The third-order valence-corrected chi connectivity index (χ3v) is 8.90. The highest BCUT2D eigenvalue weighted by molar-refractivity contribution is 5.67. The van der Waals surface area contributed by atoms with Crippen LogP contribution in [0.1, 0.15) is 96.0 Å². The Balaban J connectivity index is 1.29. The molecule has 0 N–H and O–H groups in total. The summed E-state index contributed by atoms with van der Waals surface area (Å²) >= 11 is 0. The van der Waals surface area contributed by atoms with Gasteiger partial charge in [-0.05, 0) is 124 Å². The van der Waals surface area contributed by atoms with E-state index in [2.05, 4.69) is 18.7 Å². The van der Waals surface area contributed by atoms with Crippen molar-refractivity contribution in [1.29, 1.82) is 0 Å². The van der Waals surface area contributed by atoms with E-state index < -0.39 is 11.6 Å². The van der Waals surface area contributed by atoms with Crippen molar-refractivity contribution in [2.45, 2.75) is 90.4 Å². The average Bonchev–Trinajstić information content (AvgIpc) is 2.87. The van der Waals surface area contributed by atoms with Gasteiger partial charge in [0.05, 0.1) is 6.61 Å². The maximum Gasteiger partial charge on any atom is 0.201 e. The highest BCUT2D eigenvalue weighted by Gasteiger charge is 2.33. The van der Waals surface area contributed by atoms with Crippen molar-refractivity contribution in [2.24, 2.45) is 29.6 Å². The summed E-state index contributed by atoms with van der Waals surface area (Å²) < 4.78 is 34.7. The molecule has 0 amide bonds. The van der Waals surface area contributed by atoms with Gasteiger partial charge in [-0.15, -0.1) is 6.58 Å². The summed E-state index contributed by atoms with van der Waals surface area (Å²) in [5.41, 5.74) is 1.39.